The number of hydrogen-bond donors (Lipinski definition) is 2. The van der Waals surface area contributed by atoms with Crippen molar-refractivity contribution in [3.05, 3.63) is 82.1 Å². The largest absolute Gasteiger partial charge is 0.488 e. The number of para-hydroxylation sites is 1. The van der Waals surface area contributed by atoms with E-state index in [1.807, 2.05) is 38.1 Å². The summed E-state index contributed by atoms with van der Waals surface area (Å²) in [5.41, 5.74) is 8.19. The van der Waals surface area contributed by atoms with E-state index in [0.717, 1.165) is 17.0 Å². The number of nitrogens with one attached hydrogen (secondary N) is 2. The quantitative estimate of drug-likeness (QED) is 0.628. The van der Waals surface area contributed by atoms with E-state index in [-0.39, 0.29) is 12.5 Å². The van der Waals surface area contributed by atoms with Gasteiger partial charge in [-0.1, -0.05) is 41.9 Å². The maximum absolute atomic E-state index is 12.6. The first kappa shape index (κ1) is 18.7. The number of rotatable bonds is 6. The monoisotopic (exact) mass is 382 g/mol. The molecule has 2 N–H and O–H groups in total. The first-order valence-corrected chi connectivity index (χ1v) is 8.74. The van der Waals surface area contributed by atoms with Crippen LogP contribution in [0, 0.1) is 13.8 Å². The number of nitrogens with zero attached hydrogens (tertiary/aromatic N) is 2. The summed E-state index contributed by atoms with van der Waals surface area (Å²) in [5, 5.41) is 0.619. The molecule has 6 nitrogen and oxygen atoms in total. The van der Waals surface area contributed by atoms with Crippen molar-refractivity contribution in [2.24, 2.45) is 0 Å². The molecular weight excluding hydrogens is 364 g/mol. The second-order valence-electron chi connectivity index (χ2n) is 5.93. The molecule has 3 aromatic rings. The minimum Gasteiger partial charge on any atom is -0.488 e. The van der Waals surface area contributed by atoms with Gasteiger partial charge in [-0.05, 0) is 38.1 Å². The summed E-state index contributed by atoms with van der Waals surface area (Å²) in [4.78, 5) is 21.0. The Labute approximate surface area is 162 Å². The van der Waals surface area contributed by atoms with Gasteiger partial charge in [0.25, 0.3) is 5.91 Å². The fourth-order valence-electron chi connectivity index (χ4n) is 2.51. The van der Waals surface area contributed by atoms with E-state index in [1.165, 1.54) is 0 Å². The summed E-state index contributed by atoms with van der Waals surface area (Å²) in [5.74, 6) is 0.431. The lowest BCUT2D eigenvalue weighted by atomic mass is 10.2. The highest BCUT2D eigenvalue weighted by atomic mass is 35.5. The molecule has 0 spiro atoms. The maximum atomic E-state index is 12.6. The fraction of sp³-hybridized carbons (Fsp3) is 0.150. The van der Waals surface area contributed by atoms with Crippen molar-refractivity contribution in [1.82, 2.24) is 15.4 Å². The van der Waals surface area contributed by atoms with Crippen LogP contribution >= 0.6 is 11.6 Å². The van der Waals surface area contributed by atoms with Gasteiger partial charge in [-0.15, -0.1) is 0 Å². The highest BCUT2D eigenvalue weighted by molar-refractivity contribution is 6.31. The summed E-state index contributed by atoms with van der Waals surface area (Å²) in [7, 11) is 0. The molecule has 7 heteroatoms. The van der Waals surface area contributed by atoms with Gasteiger partial charge in [0.05, 0.1) is 5.56 Å². The molecule has 1 aromatic heterocycles. The Morgan fingerprint density at radius 3 is 2.44 bits per heavy atom. The van der Waals surface area contributed by atoms with Crippen LogP contribution in [-0.2, 0) is 6.61 Å². The fourth-order valence-corrected chi connectivity index (χ4v) is 2.70. The molecule has 0 bridgehead atoms. The third kappa shape index (κ3) is 4.95. The lowest BCUT2D eigenvalue weighted by Crippen LogP contribution is -2.30. The third-order valence-electron chi connectivity index (χ3n) is 3.74. The van der Waals surface area contributed by atoms with E-state index >= 15 is 0 Å². The van der Waals surface area contributed by atoms with E-state index in [1.54, 1.807) is 30.3 Å². The van der Waals surface area contributed by atoms with Crippen LogP contribution in [0.4, 0.5) is 5.95 Å². The molecule has 0 saturated carbocycles. The van der Waals surface area contributed by atoms with E-state index in [0.29, 0.717) is 22.3 Å². The Kier molecular flexibility index (Phi) is 5.88. The first-order chi connectivity index (χ1) is 13.0. The predicted molar refractivity (Wildman–Crippen MR) is 105 cm³/mol. The summed E-state index contributed by atoms with van der Waals surface area (Å²) in [6.07, 6.45) is 0. The Morgan fingerprint density at radius 2 is 1.70 bits per heavy atom. The van der Waals surface area contributed by atoms with Crippen LogP contribution in [0.3, 0.4) is 0 Å². The van der Waals surface area contributed by atoms with Crippen LogP contribution < -0.4 is 15.6 Å². The minimum atomic E-state index is -0.354. The van der Waals surface area contributed by atoms with Gasteiger partial charge in [0, 0.05) is 22.0 Å². The number of benzene rings is 2. The highest BCUT2D eigenvalue weighted by Crippen LogP contribution is 2.22. The zero-order valence-electron chi connectivity index (χ0n) is 15.0. The van der Waals surface area contributed by atoms with Crippen molar-refractivity contribution in [3.63, 3.8) is 0 Å². The highest BCUT2D eigenvalue weighted by Gasteiger charge is 2.13. The van der Waals surface area contributed by atoms with Gasteiger partial charge in [-0.3, -0.25) is 15.6 Å². The zero-order valence-corrected chi connectivity index (χ0v) is 15.7. The van der Waals surface area contributed by atoms with Crippen molar-refractivity contribution < 1.29 is 9.53 Å². The molecule has 0 aliphatic carbocycles. The first-order valence-electron chi connectivity index (χ1n) is 8.37. The van der Waals surface area contributed by atoms with Crippen LogP contribution in [0.2, 0.25) is 5.02 Å². The molecule has 0 unspecified atom stereocenters. The van der Waals surface area contributed by atoms with Crippen LogP contribution in [-0.4, -0.2) is 15.9 Å². The molecule has 0 aliphatic heterocycles. The predicted octanol–water partition coefficient (Wildman–Crippen LogP) is 4.08. The van der Waals surface area contributed by atoms with Crippen LogP contribution in [0.1, 0.15) is 27.3 Å². The van der Waals surface area contributed by atoms with Crippen molar-refractivity contribution in [1.29, 1.82) is 0 Å². The second-order valence-corrected chi connectivity index (χ2v) is 6.34. The van der Waals surface area contributed by atoms with Crippen molar-refractivity contribution in [3.8, 4) is 5.75 Å². The van der Waals surface area contributed by atoms with E-state index in [9.17, 15) is 4.79 Å². The molecule has 1 amide bonds. The standard InChI is InChI=1S/C20H19ClN4O2/c1-13-11-14(2)23-20(22-13)25-24-19(26)16-8-4-6-10-18(16)27-12-15-7-3-5-9-17(15)21/h3-11H,12H2,1-2H3,(H,24,26)(H,22,23,25). The minimum absolute atomic E-state index is 0.261. The number of ether oxygens (including phenoxy) is 1. The molecule has 138 valence electrons. The maximum Gasteiger partial charge on any atom is 0.273 e. The Balaban J connectivity index is 1.69. The number of anilines is 1. The second kappa shape index (κ2) is 8.51. The molecule has 0 atom stereocenters. The Morgan fingerprint density at radius 1 is 1.04 bits per heavy atom. The lowest BCUT2D eigenvalue weighted by molar-refractivity contribution is 0.0957. The van der Waals surface area contributed by atoms with Gasteiger partial charge in [-0.25, -0.2) is 9.97 Å². The van der Waals surface area contributed by atoms with Gasteiger partial charge in [0.2, 0.25) is 5.95 Å². The number of aromatic nitrogens is 2. The van der Waals surface area contributed by atoms with Gasteiger partial charge in [0.15, 0.2) is 0 Å². The summed E-state index contributed by atoms with van der Waals surface area (Å²) in [6.45, 7) is 3.98. The van der Waals surface area contributed by atoms with Crippen molar-refractivity contribution >= 4 is 23.5 Å². The molecule has 0 saturated heterocycles. The van der Waals surface area contributed by atoms with E-state index in [4.69, 9.17) is 16.3 Å². The number of carbonyl (C=O) groups excluding carboxylic acids is 1. The summed E-state index contributed by atoms with van der Waals surface area (Å²) in [6, 6.07) is 16.3. The Hall–Kier alpha value is -3.12. The summed E-state index contributed by atoms with van der Waals surface area (Å²) >= 11 is 6.15. The SMILES string of the molecule is Cc1cc(C)nc(NNC(=O)c2ccccc2OCc2ccccc2Cl)n1. The number of halogens is 1. The molecule has 0 radical (unpaired) electrons. The lowest BCUT2D eigenvalue weighted by Gasteiger charge is -2.13. The topological polar surface area (TPSA) is 76.1 Å². The van der Waals surface area contributed by atoms with Crippen LogP contribution in [0.15, 0.2) is 54.6 Å². The number of hydrazine groups is 1. The molecule has 0 aliphatic rings. The number of carbonyl (C=O) groups is 1. The molecule has 3 rings (SSSR count). The van der Waals surface area contributed by atoms with Gasteiger partial charge in [-0.2, -0.15) is 0 Å². The van der Waals surface area contributed by atoms with Crippen molar-refractivity contribution in [2.45, 2.75) is 20.5 Å². The van der Waals surface area contributed by atoms with Crippen LogP contribution in [0.5, 0.6) is 5.75 Å². The number of hydrogen-bond acceptors (Lipinski definition) is 5. The van der Waals surface area contributed by atoms with E-state index < -0.39 is 0 Å². The van der Waals surface area contributed by atoms with E-state index in [2.05, 4.69) is 20.8 Å². The van der Waals surface area contributed by atoms with Crippen LogP contribution in [0.25, 0.3) is 0 Å². The van der Waals surface area contributed by atoms with Gasteiger partial charge >= 0.3 is 0 Å². The Bertz CT molecular complexity index is 942. The number of amides is 1. The van der Waals surface area contributed by atoms with Gasteiger partial charge < -0.3 is 4.74 Å². The third-order valence-corrected chi connectivity index (χ3v) is 4.11. The normalized spacial score (nSPS) is 10.3. The number of aryl methyl sites for hydroxylation is 2. The molecule has 2 aromatic carbocycles. The zero-order chi connectivity index (χ0) is 19.2. The molecular formula is C20H19ClN4O2. The molecule has 27 heavy (non-hydrogen) atoms. The summed E-state index contributed by atoms with van der Waals surface area (Å²) < 4.78 is 5.81. The molecule has 0 fully saturated rings. The average molecular weight is 383 g/mol. The smallest absolute Gasteiger partial charge is 0.273 e. The van der Waals surface area contributed by atoms with Crippen molar-refractivity contribution in [2.75, 3.05) is 5.43 Å². The van der Waals surface area contributed by atoms with Gasteiger partial charge in [0.1, 0.15) is 12.4 Å². The average Bonchev–Trinajstić information content (AvgIpc) is 2.65. The molecule has 1 heterocycles.